The summed E-state index contributed by atoms with van der Waals surface area (Å²) in [5.74, 6) is 0.740. The van der Waals surface area contributed by atoms with Gasteiger partial charge in [-0.1, -0.05) is 65.4 Å². The summed E-state index contributed by atoms with van der Waals surface area (Å²) in [6.07, 6.45) is 0. The monoisotopic (exact) mass is 417 g/mol. The van der Waals surface area contributed by atoms with Gasteiger partial charge in [0.1, 0.15) is 11.3 Å². The van der Waals surface area contributed by atoms with Crippen LogP contribution in [0.4, 0.5) is 5.13 Å². The minimum Gasteiger partial charge on any atom is -0.456 e. The zero-order valence-corrected chi connectivity index (χ0v) is 17.1. The predicted molar refractivity (Wildman–Crippen MR) is 120 cm³/mol. The molecule has 0 amide bonds. The molecule has 5 rings (SSSR count). The third-order valence-electron chi connectivity index (χ3n) is 4.65. The van der Waals surface area contributed by atoms with E-state index in [1.165, 1.54) is 0 Å². The highest BCUT2D eigenvalue weighted by molar-refractivity contribution is 7.22. The smallest absolute Gasteiger partial charge is 0.204 e. The molecule has 0 aliphatic carbocycles. The van der Waals surface area contributed by atoms with Crippen molar-refractivity contribution < 1.29 is 4.42 Å². The third-order valence-corrected chi connectivity index (χ3v) is 6.00. The fourth-order valence-corrected chi connectivity index (χ4v) is 4.13. The van der Waals surface area contributed by atoms with E-state index >= 15 is 0 Å². The first kappa shape index (κ1) is 17.9. The number of halogens is 1. The van der Waals surface area contributed by atoms with Gasteiger partial charge < -0.3 is 4.42 Å². The second kappa shape index (κ2) is 7.35. The summed E-state index contributed by atoms with van der Waals surface area (Å²) in [5, 5.41) is 7.63. The number of hydrogen-bond acceptors (Lipinski definition) is 5. The SMILES string of the molecule is Cc1cc2oc(-c3ccccc3)c/c(=N\Nc3nc4ccccc4s3)c2cc1Cl. The fourth-order valence-electron chi connectivity index (χ4n) is 3.15. The lowest BCUT2D eigenvalue weighted by atomic mass is 10.1. The maximum Gasteiger partial charge on any atom is 0.204 e. The first-order valence-electron chi connectivity index (χ1n) is 9.12. The minimum atomic E-state index is 0.677. The first-order valence-corrected chi connectivity index (χ1v) is 10.3. The van der Waals surface area contributed by atoms with E-state index in [0.29, 0.717) is 5.02 Å². The molecule has 0 saturated carbocycles. The van der Waals surface area contributed by atoms with Gasteiger partial charge in [-0.3, -0.25) is 5.43 Å². The Bertz CT molecular complexity index is 1370. The number of thiazole rings is 1. The van der Waals surface area contributed by atoms with Gasteiger partial charge in [0.25, 0.3) is 0 Å². The van der Waals surface area contributed by atoms with E-state index in [4.69, 9.17) is 16.0 Å². The summed E-state index contributed by atoms with van der Waals surface area (Å²) < 4.78 is 7.28. The molecule has 2 aromatic heterocycles. The number of fused-ring (bicyclic) bond motifs is 2. The second-order valence-corrected chi connectivity index (χ2v) is 8.11. The fraction of sp³-hybridized carbons (Fsp3) is 0.0435. The lowest BCUT2D eigenvalue weighted by Crippen LogP contribution is -2.07. The summed E-state index contributed by atoms with van der Waals surface area (Å²) in [5.41, 5.74) is 6.73. The number of anilines is 1. The Kier molecular flexibility index (Phi) is 4.54. The molecule has 0 spiro atoms. The van der Waals surface area contributed by atoms with Crippen LogP contribution in [0.3, 0.4) is 0 Å². The Hall–Kier alpha value is -3.15. The van der Waals surface area contributed by atoms with E-state index in [2.05, 4.69) is 15.5 Å². The molecule has 6 heteroatoms. The maximum absolute atomic E-state index is 6.37. The molecule has 0 aliphatic rings. The third kappa shape index (κ3) is 3.50. The Labute approximate surface area is 176 Å². The highest BCUT2D eigenvalue weighted by atomic mass is 35.5. The largest absolute Gasteiger partial charge is 0.456 e. The molecule has 5 aromatic rings. The molecule has 1 N–H and O–H groups in total. The van der Waals surface area contributed by atoms with Gasteiger partial charge in [-0.2, -0.15) is 5.10 Å². The van der Waals surface area contributed by atoms with E-state index in [9.17, 15) is 0 Å². The lowest BCUT2D eigenvalue weighted by molar-refractivity contribution is 0.618. The molecule has 3 aromatic carbocycles. The quantitative estimate of drug-likeness (QED) is 0.336. The van der Waals surface area contributed by atoms with Crippen molar-refractivity contribution in [1.29, 1.82) is 0 Å². The van der Waals surface area contributed by atoms with Gasteiger partial charge in [-0.05, 0) is 36.8 Å². The zero-order chi connectivity index (χ0) is 19.8. The highest BCUT2D eigenvalue weighted by Gasteiger charge is 2.09. The number of hydrogen-bond donors (Lipinski definition) is 1. The molecule has 0 radical (unpaired) electrons. The van der Waals surface area contributed by atoms with E-state index in [1.807, 2.05) is 79.7 Å². The van der Waals surface area contributed by atoms with Crippen LogP contribution < -0.4 is 10.8 Å². The van der Waals surface area contributed by atoms with Crippen LogP contribution in [0.5, 0.6) is 0 Å². The molecule has 4 nitrogen and oxygen atoms in total. The highest BCUT2D eigenvalue weighted by Crippen LogP contribution is 2.27. The van der Waals surface area contributed by atoms with Crippen LogP contribution in [0.25, 0.3) is 32.5 Å². The molecule has 0 aliphatic heterocycles. The standard InChI is InChI=1S/C23H16ClN3OS/c1-14-11-21-16(12-17(14)24)19(13-20(28-21)15-7-3-2-4-8-15)26-27-23-25-18-9-5-6-10-22(18)29-23/h2-13H,1H3,(H,25,27)/b26-19+. The van der Waals surface area contributed by atoms with Gasteiger partial charge in [0, 0.05) is 22.0 Å². The molecule has 29 heavy (non-hydrogen) atoms. The Morgan fingerprint density at radius 1 is 1.00 bits per heavy atom. The number of para-hydroxylation sites is 1. The van der Waals surface area contributed by atoms with Crippen LogP contribution in [0.2, 0.25) is 5.02 Å². The van der Waals surface area contributed by atoms with Crippen molar-refractivity contribution in [2.45, 2.75) is 6.92 Å². The van der Waals surface area contributed by atoms with E-state index in [1.54, 1.807) is 11.3 Å². The molecule has 0 bridgehead atoms. The number of nitrogens with zero attached hydrogens (tertiary/aromatic N) is 2. The van der Waals surface area contributed by atoms with E-state index < -0.39 is 0 Å². The van der Waals surface area contributed by atoms with Crippen molar-refractivity contribution >= 4 is 49.3 Å². The number of aromatic nitrogens is 1. The minimum absolute atomic E-state index is 0.677. The molecule has 0 saturated heterocycles. The molecule has 2 heterocycles. The number of nitrogens with one attached hydrogen (secondary N) is 1. The van der Waals surface area contributed by atoms with Crippen molar-refractivity contribution in [2.24, 2.45) is 5.10 Å². The van der Waals surface area contributed by atoms with Crippen LogP contribution in [0, 0.1) is 6.92 Å². The molecule has 142 valence electrons. The number of benzene rings is 3. The molecular formula is C23H16ClN3OS. The van der Waals surface area contributed by atoms with Crippen LogP contribution >= 0.6 is 22.9 Å². The summed E-state index contributed by atoms with van der Waals surface area (Å²) >= 11 is 7.94. The van der Waals surface area contributed by atoms with Crippen LogP contribution in [0.1, 0.15) is 5.56 Å². The average Bonchev–Trinajstić information content (AvgIpc) is 3.16. The molecule has 0 atom stereocenters. The van der Waals surface area contributed by atoms with E-state index in [-0.39, 0.29) is 0 Å². The first-order chi connectivity index (χ1) is 14.2. The predicted octanol–water partition coefficient (Wildman–Crippen LogP) is 6.60. The summed E-state index contributed by atoms with van der Waals surface area (Å²) in [6.45, 7) is 1.96. The molecular weight excluding hydrogens is 402 g/mol. The summed E-state index contributed by atoms with van der Waals surface area (Å²) in [7, 11) is 0. The van der Waals surface area contributed by atoms with Gasteiger partial charge in [0.2, 0.25) is 5.13 Å². The Balaban J connectivity index is 1.67. The Morgan fingerprint density at radius 2 is 1.79 bits per heavy atom. The molecule has 0 fully saturated rings. The number of rotatable bonds is 3. The van der Waals surface area contributed by atoms with Crippen molar-refractivity contribution in [3.8, 4) is 11.3 Å². The van der Waals surface area contributed by atoms with Gasteiger partial charge in [-0.25, -0.2) is 4.98 Å². The van der Waals surface area contributed by atoms with Gasteiger partial charge >= 0.3 is 0 Å². The van der Waals surface area contributed by atoms with Crippen molar-refractivity contribution in [3.05, 3.63) is 88.7 Å². The topological polar surface area (TPSA) is 50.4 Å². The normalized spacial score (nSPS) is 12.0. The van der Waals surface area contributed by atoms with Gasteiger partial charge in [0.05, 0.1) is 15.6 Å². The zero-order valence-electron chi connectivity index (χ0n) is 15.5. The van der Waals surface area contributed by atoms with Crippen LogP contribution in [-0.2, 0) is 0 Å². The summed E-state index contributed by atoms with van der Waals surface area (Å²) in [6, 6.07) is 23.8. The molecule has 0 unspecified atom stereocenters. The van der Waals surface area contributed by atoms with Crippen LogP contribution in [0.15, 0.2) is 82.3 Å². The van der Waals surface area contributed by atoms with Crippen LogP contribution in [-0.4, -0.2) is 4.98 Å². The average molecular weight is 418 g/mol. The van der Waals surface area contributed by atoms with Gasteiger partial charge in [-0.15, -0.1) is 0 Å². The van der Waals surface area contributed by atoms with Crippen molar-refractivity contribution in [1.82, 2.24) is 4.98 Å². The van der Waals surface area contributed by atoms with Crippen molar-refractivity contribution in [2.75, 3.05) is 5.43 Å². The lowest BCUT2D eigenvalue weighted by Gasteiger charge is -2.07. The van der Waals surface area contributed by atoms with Gasteiger partial charge in [0.15, 0.2) is 0 Å². The number of aryl methyl sites for hydroxylation is 1. The maximum atomic E-state index is 6.37. The van der Waals surface area contributed by atoms with Crippen molar-refractivity contribution in [3.63, 3.8) is 0 Å². The second-order valence-electron chi connectivity index (χ2n) is 6.67. The van der Waals surface area contributed by atoms with E-state index in [0.717, 1.165) is 48.6 Å². The summed E-state index contributed by atoms with van der Waals surface area (Å²) in [4.78, 5) is 4.58. The Morgan fingerprint density at radius 3 is 2.62 bits per heavy atom.